The third kappa shape index (κ3) is 3.81. The second-order valence-corrected chi connectivity index (χ2v) is 5.41. The summed E-state index contributed by atoms with van der Waals surface area (Å²) in [4.78, 5) is 7.79. The number of hydrogen-bond acceptors (Lipinski definition) is 4. The molecular weight excluding hydrogens is 290 g/mol. The number of aromatic amines is 1. The first-order valence-electron chi connectivity index (χ1n) is 7.66. The van der Waals surface area contributed by atoms with Crippen molar-refractivity contribution in [2.24, 2.45) is 0 Å². The zero-order valence-corrected chi connectivity index (χ0v) is 13.4. The molecule has 0 spiro atoms. The fourth-order valence-electron chi connectivity index (χ4n) is 2.39. The number of para-hydroxylation sites is 2. The number of benzene rings is 2. The van der Waals surface area contributed by atoms with Crippen LogP contribution in [0.25, 0.3) is 11.0 Å². The number of anilines is 1. The molecule has 3 rings (SSSR count). The van der Waals surface area contributed by atoms with Gasteiger partial charge in [-0.1, -0.05) is 24.3 Å². The molecule has 2 N–H and O–H groups in total. The van der Waals surface area contributed by atoms with Crippen LogP contribution < -0.4 is 10.1 Å². The average molecular weight is 311 g/mol. The first-order valence-corrected chi connectivity index (χ1v) is 7.66. The molecule has 1 heterocycles. The Hall–Kier alpha value is -2.53. The molecule has 23 heavy (non-hydrogen) atoms. The number of nitrogens with one attached hydrogen (secondary N) is 2. The first-order chi connectivity index (χ1) is 11.3. The summed E-state index contributed by atoms with van der Waals surface area (Å²) in [6.45, 7) is 3.81. The fourth-order valence-corrected chi connectivity index (χ4v) is 2.39. The van der Waals surface area contributed by atoms with Crippen molar-refractivity contribution in [1.82, 2.24) is 9.97 Å². The predicted octanol–water partition coefficient (Wildman–Crippen LogP) is 3.51. The summed E-state index contributed by atoms with van der Waals surface area (Å²) in [5, 5.41) is 3.32. The van der Waals surface area contributed by atoms with Gasteiger partial charge in [0.1, 0.15) is 12.4 Å². The van der Waals surface area contributed by atoms with E-state index in [1.807, 2.05) is 30.3 Å². The molecule has 1 aromatic heterocycles. The molecule has 5 heteroatoms. The third-order valence-corrected chi connectivity index (χ3v) is 3.60. The molecule has 3 aromatic rings. The van der Waals surface area contributed by atoms with Crippen LogP contribution in [0.4, 0.5) is 5.95 Å². The Morgan fingerprint density at radius 2 is 2.00 bits per heavy atom. The summed E-state index contributed by atoms with van der Waals surface area (Å²) in [5.41, 5.74) is 4.24. The highest BCUT2D eigenvalue weighted by Crippen LogP contribution is 2.22. The number of hydrogen-bond donors (Lipinski definition) is 2. The number of imidazole rings is 1. The van der Waals surface area contributed by atoms with E-state index < -0.39 is 0 Å². The molecular formula is C18H21N3O2. The molecule has 0 saturated carbocycles. The number of nitrogens with zero attached hydrogens (tertiary/aromatic N) is 1. The van der Waals surface area contributed by atoms with Crippen molar-refractivity contribution in [3.63, 3.8) is 0 Å². The van der Waals surface area contributed by atoms with Crippen molar-refractivity contribution in [2.75, 3.05) is 25.6 Å². The lowest BCUT2D eigenvalue weighted by Gasteiger charge is -2.12. The maximum atomic E-state index is 5.81. The number of H-pyrrole nitrogens is 1. The minimum Gasteiger partial charge on any atom is -0.491 e. The fraction of sp³-hybridized carbons (Fsp3) is 0.278. The Labute approximate surface area is 135 Å². The monoisotopic (exact) mass is 311 g/mol. The van der Waals surface area contributed by atoms with Crippen LogP contribution in [0.5, 0.6) is 5.75 Å². The topological polar surface area (TPSA) is 59.2 Å². The Bertz CT molecular complexity index is 750. The molecule has 0 amide bonds. The van der Waals surface area contributed by atoms with Crippen LogP contribution in [-0.4, -0.2) is 30.3 Å². The summed E-state index contributed by atoms with van der Waals surface area (Å²) in [7, 11) is 1.67. The van der Waals surface area contributed by atoms with Gasteiger partial charge in [0.05, 0.1) is 17.6 Å². The molecule has 0 aliphatic rings. The normalized spacial score (nSPS) is 10.9. The van der Waals surface area contributed by atoms with Gasteiger partial charge in [0.25, 0.3) is 0 Å². The molecule has 2 aromatic carbocycles. The van der Waals surface area contributed by atoms with Crippen molar-refractivity contribution in [1.29, 1.82) is 0 Å². The van der Waals surface area contributed by atoms with Crippen LogP contribution in [0.2, 0.25) is 0 Å². The smallest absolute Gasteiger partial charge is 0.201 e. The van der Waals surface area contributed by atoms with Crippen molar-refractivity contribution < 1.29 is 9.47 Å². The number of rotatable bonds is 7. The van der Waals surface area contributed by atoms with Crippen LogP contribution in [0.1, 0.15) is 11.1 Å². The molecule has 0 unspecified atom stereocenters. The van der Waals surface area contributed by atoms with Gasteiger partial charge in [-0.15, -0.1) is 0 Å². The highest BCUT2D eigenvalue weighted by atomic mass is 16.5. The molecule has 0 saturated heterocycles. The highest BCUT2D eigenvalue weighted by molar-refractivity contribution is 5.77. The van der Waals surface area contributed by atoms with E-state index in [1.54, 1.807) is 7.11 Å². The molecule has 0 aliphatic carbocycles. The molecule has 0 atom stereocenters. The largest absolute Gasteiger partial charge is 0.491 e. The molecule has 5 nitrogen and oxygen atoms in total. The third-order valence-electron chi connectivity index (χ3n) is 3.60. The Kier molecular flexibility index (Phi) is 4.78. The van der Waals surface area contributed by atoms with Gasteiger partial charge in [-0.3, -0.25) is 0 Å². The van der Waals surface area contributed by atoms with E-state index in [-0.39, 0.29) is 0 Å². The van der Waals surface area contributed by atoms with Gasteiger partial charge in [-0.25, -0.2) is 4.98 Å². The van der Waals surface area contributed by atoms with E-state index in [4.69, 9.17) is 9.47 Å². The van der Waals surface area contributed by atoms with E-state index in [9.17, 15) is 0 Å². The summed E-state index contributed by atoms with van der Waals surface area (Å²) < 4.78 is 10.9. The van der Waals surface area contributed by atoms with E-state index >= 15 is 0 Å². The second-order valence-electron chi connectivity index (χ2n) is 5.41. The number of aryl methyl sites for hydroxylation is 1. The Morgan fingerprint density at radius 3 is 2.83 bits per heavy atom. The first kappa shape index (κ1) is 15.4. The van der Waals surface area contributed by atoms with Crippen molar-refractivity contribution in [3.05, 3.63) is 53.6 Å². The van der Waals surface area contributed by atoms with Crippen LogP contribution >= 0.6 is 0 Å². The summed E-state index contributed by atoms with van der Waals surface area (Å²) in [6, 6.07) is 14.2. The SMILES string of the molecule is COCCOc1cc(C)ccc1CNc1nc2ccccc2[nH]1. The Morgan fingerprint density at radius 1 is 1.13 bits per heavy atom. The summed E-state index contributed by atoms with van der Waals surface area (Å²) in [5.74, 6) is 1.64. The number of fused-ring (bicyclic) bond motifs is 1. The summed E-state index contributed by atoms with van der Waals surface area (Å²) in [6.07, 6.45) is 0. The minimum absolute atomic E-state index is 0.539. The van der Waals surface area contributed by atoms with Gasteiger partial charge in [0, 0.05) is 19.2 Å². The standard InChI is InChI=1S/C18H21N3O2/c1-13-7-8-14(17(11-13)23-10-9-22-2)12-19-18-20-15-5-3-4-6-16(15)21-18/h3-8,11H,9-10,12H2,1-2H3,(H2,19,20,21). The number of ether oxygens (including phenoxy) is 2. The van der Waals surface area contributed by atoms with Crippen LogP contribution in [0.3, 0.4) is 0 Å². The second kappa shape index (κ2) is 7.15. The molecule has 0 radical (unpaired) electrons. The molecule has 120 valence electrons. The Balaban J connectivity index is 1.71. The van der Waals surface area contributed by atoms with E-state index in [2.05, 4.69) is 34.3 Å². The van der Waals surface area contributed by atoms with Crippen LogP contribution in [-0.2, 0) is 11.3 Å². The summed E-state index contributed by atoms with van der Waals surface area (Å²) >= 11 is 0. The zero-order valence-electron chi connectivity index (χ0n) is 13.4. The van der Waals surface area contributed by atoms with Gasteiger partial charge < -0.3 is 19.8 Å². The average Bonchev–Trinajstić information content (AvgIpc) is 2.97. The van der Waals surface area contributed by atoms with E-state index in [0.717, 1.165) is 28.3 Å². The number of methoxy groups -OCH3 is 1. The predicted molar refractivity (Wildman–Crippen MR) is 92.0 cm³/mol. The zero-order chi connectivity index (χ0) is 16.1. The molecule has 0 aliphatic heterocycles. The highest BCUT2D eigenvalue weighted by Gasteiger charge is 2.06. The maximum absolute atomic E-state index is 5.81. The van der Waals surface area contributed by atoms with E-state index in [1.165, 1.54) is 5.56 Å². The van der Waals surface area contributed by atoms with Gasteiger partial charge in [-0.05, 0) is 30.7 Å². The lowest BCUT2D eigenvalue weighted by molar-refractivity contribution is 0.146. The van der Waals surface area contributed by atoms with Gasteiger partial charge in [-0.2, -0.15) is 0 Å². The van der Waals surface area contributed by atoms with Crippen molar-refractivity contribution >= 4 is 17.0 Å². The number of aromatic nitrogens is 2. The van der Waals surface area contributed by atoms with Crippen LogP contribution in [0.15, 0.2) is 42.5 Å². The quantitative estimate of drug-likeness (QED) is 0.656. The lowest BCUT2D eigenvalue weighted by atomic mass is 10.1. The van der Waals surface area contributed by atoms with Gasteiger partial charge >= 0.3 is 0 Å². The van der Waals surface area contributed by atoms with Crippen LogP contribution in [0, 0.1) is 6.92 Å². The lowest BCUT2D eigenvalue weighted by Crippen LogP contribution is -2.08. The van der Waals surface area contributed by atoms with E-state index in [0.29, 0.717) is 19.8 Å². The van der Waals surface area contributed by atoms with Gasteiger partial charge in [0.15, 0.2) is 0 Å². The van der Waals surface area contributed by atoms with Gasteiger partial charge in [0.2, 0.25) is 5.95 Å². The van der Waals surface area contributed by atoms with Crippen molar-refractivity contribution in [3.8, 4) is 5.75 Å². The molecule has 0 bridgehead atoms. The maximum Gasteiger partial charge on any atom is 0.201 e. The minimum atomic E-state index is 0.539. The molecule has 0 fully saturated rings. The van der Waals surface area contributed by atoms with Crippen molar-refractivity contribution in [2.45, 2.75) is 13.5 Å².